The topological polar surface area (TPSA) is 54.9 Å². The number of thiazole rings is 1. The first-order valence-electron chi connectivity index (χ1n) is 6.13. The fourth-order valence-electron chi connectivity index (χ4n) is 2.35. The Morgan fingerprint density at radius 3 is 2.95 bits per heavy atom. The van der Waals surface area contributed by atoms with Crippen LogP contribution in [0.25, 0.3) is 21.9 Å². The Morgan fingerprint density at radius 2 is 2.10 bits per heavy atom. The van der Waals surface area contributed by atoms with Crippen LogP contribution in [0, 0.1) is 0 Å². The number of carbonyl (C=O) groups excluding carboxylic acids is 1. The molecule has 1 aromatic carbocycles. The lowest BCUT2D eigenvalue weighted by molar-refractivity contribution is -0.110. The molecular formula is C15H9N3OS. The molecule has 0 fully saturated rings. The van der Waals surface area contributed by atoms with Crippen molar-refractivity contribution in [1.29, 1.82) is 0 Å². The van der Waals surface area contributed by atoms with Gasteiger partial charge in [-0.2, -0.15) is 0 Å². The van der Waals surface area contributed by atoms with E-state index < -0.39 is 0 Å². The van der Waals surface area contributed by atoms with Gasteiger partial charge in [0.1, 0.15) is 0 Å². The first-order chi connectivity index (χ1) is 9.83. The molecule has 4 rings (SSSR count). The van der Waals surface area contributed by atoms with Crippen LogP contribution in [0.5, 0.6) is 0 Å². The third kappa shape index (κ3) is 1.64. The van der Waals surface area contributed by atoms with Gasteiger partial charge >= 0.3 is 0 Å². The molecule has 0 radical (unpaired) electrons. The number of hydrogen-bond acceptors (Lipinski definition) is 4. The minimum Gasteiger partial charge on any atom is -0.321 e. The standard InChI is InChI=1S/C15H9N3OS/c19-15-10(7-9-3-1-2-6-16-9)13-11(18-15)4-5-12-14(13)20-8-17-12/h1-8H,(H,18,19). The Bertz CT molecular complexity index is 852. The predicted molar refractivity (Wildman–Crippen MR) is 80.4 cm³/mol. The minimum absolute atomic E-state index is 0.0912. The normalized spacial score (nSPS) is 15.6. The smallest absolute Gasteiger partial charge is 0.256 e. The highest BCUT2D eigenvalue weighted by Gasteiger charge is 2.27. The predicted octanol–water partition coefficient (Wildman–Crippen LogP) is 3.18. The van der Waals surface area contributed by atoms with Gasteiger partial charge in [-0.25, -0.2) is 4.98 Å². The third-order valence-electron chi connectivity index (χ3n) is 3.24. The fraction of sp³-hybridized carbons (Fsp3) is 0. The molecule has 96 valence electrons. The van der Waals surface area contributed by atoms with E-state index in [-0.39, 0.29) is 5.91 Å². The van der Waals surface area contributed by atoms with Crippen LogP contribution in [0.4, 0.5) is 5.69 Å². The van der Waals surface area contributed by atoms with E-state index in [4.69, 9.17) is 0 Å². The zero-order chi connectivity index (χ0) is 13.5. The Kier molecular flexibility index (Phi) is 2.40. The molecule has 0 spiro atoms. The van der Waals surface area contributed by atoms with Crippen LogP contribution in [0.1, 0.15) is 11.3 Å². The van der Waals surface area contributed by atoms with Gasteiger partial charge in [-0.05, 0) is 30.3 Å². The molecule has 0 unspecified atom stereocenters. The zero-order valence-electron chi connectivity index (χ0n) is 10.3. The van der Waals surface area contributed by atoms with Gasteiger partial charge in [0, 0.05) is 11.8 Å². The SMILES string of the molecule is O=C1Nc2ccc3ncsc3c2C1=Cc1ccccn1. The van der Waals surface area contributed by atoms with Crippen molar-refractivity contribution in [1.82, 2.24) is 9.97 Å². The van der Waals surface area contributed by atoms with Crippen molar-refractivity contribution in [3.63, 3.8) is 0 Å². The van der Waals surface area contributed by atoms with Crippen LogP contribution in [0.3, 0.4) is 0 Å². The first-order valence-corrected chi connectivity index (χ1v) is 7.01. The maximum absolute atomic E-state index is 12.2. The summed E-state index contributed by atoms with van der Waals surface area (Å²) in [5, 5.41) is 2.89. The van der Waals surface area contributed by atoms with Gasteiger partial charge in [-0.3, -0.25) is 9.78 Å². The lowest BCUT2D eigenvalue weighted by Crippen LogP contribution is -2.03. The quantitative estimate of drug-likeness (QED) is 0.696. The number of nitrogens with one attached hydrogen (secondary N) is 1. The lowest BCUT2D eigenvalue weighted by Gasteiger charge is -1.99. The summed E-state index contributed by atoms with van der Waals surface area (Å²) >= 11 is 1.54. The molecular weight excluding hydrogens is 270 g/mol. The van der Waals surface area contributed by atoms with Gasteiger partial charge in [0.05, 0.1) is 32.7 Å². The van der Waals surface area contributed by atoms with Crippen LogP contribution in [-0.2, 0) is 4.79 Å². The van der Waals surface area contributed by atoms with Crippen molar-refractivity contribution >= 4 is 44.8 Å². The molecule has 20 heavy (non-hydrogen) atoms. The van der Waals surface area contributed by atoms with Gasteiger partial charge in [0.15, 0.2) is 0 Å². The van der Waals surface area contributed by atoms with E-state index in [0.29, 0.717) is 5.57 Å². The summed E-state index contributed by atoms with van der Waals surface area (Å²) in [6.45, 7) is 0. The van der Waals surface area contributed by atoms with Gasteiger partial charge < -0.3 is 5.32 Å². The summed E-state index contributed by atoms with van der Waals surface area (Å²) in [7, 11) is 0. The second-order valence-corrected chi connectivity index (χ2v) is 5.31. The molecule has 2 aromatic heterocycles. The Morgan fingerprint density at radius 1 is 1.15 bits per heavy atom. The van der Waals surface area contributed by atoms with Crippen molar-refractivity contribution in [3.05, 3.63) is 53.3 Å². The van der Waals surface area contributed by atoms with E-state index in [2.05, 4.69) is 15.3 Å². The second kappa shape index (κ2) is 4.25. The summed E-state index contributed by atoms with van der Waals surface area (Å²) in [4.78, 5) is 20.7. The lowest BCUT2D eigenvalue weighted by atomic mass is 10.1. The largest absolute Gasteiger partial charge is 0.321 e. The van der Waals surface area contributed by atoms with Crippen molar-refractivity contribution < 1.29 is 4.79 Å². The molecule has 3 aromatic rings. The number of hydrogen-bond donors (Lipinski definition) is 1. The Hall–Kier alpha value is -2.53. The Labute approximate surface area is 118 Å². The molecule has 4 nitrogen and oxygen atoms in total. The number of anilines is 1. The Balaban J connectivity index is 1.97. The summed E-state index contributed by atoms with van der Waals surface area (Å²) < 4.78 is 1.03. The minimum atomic E-state index is -0.0912. The van der Waals surface area contributed by atoms with Gasteiger partial charge in [0.25, 0.3) is 5.91 Å². The second-order valence-electron chi connectivity index (χ2n) is 4.46. The highest BCUT2D eigenvalue weighted by molar-refractivity contribution is 7.17. The molecule has 0 saturated carbocycles. The number of carbonyl (C=O) groups is 1. The van der Waals surface area contributed by atoms with Crippen LogP contribution in [0.2, 0.25) is 0 Å². The molecule has 0 bridgehead atoms. The summed E-state index contributed by atoms with van der Waals surface area (Å²) in [5.74, 6) is -0.0912. The molecule has 0 saturated heterocycles. The molecule has 1 aliphatic heterocycles. The van der Waals surface area contributed by atoms with Gasteiger partial charge in [0.2, 0.25) is 0 Å². The molecule has 1 amide bonds. The van der Waals surface area contributed by atoms with Crippen LogP contribution in [-0.4, -0.2) is 15.9 Å². The average Bonchev–Trinajstić information content (AvgIpc) is 3.05. The molecule has 3 heterocycles. The van der Waals surface area contributed by atoms with Crippen molar-refractivity contribution in [2.75, 3.05) is 5.32 Å². The number of benzene rings is 1. The van der Waals surface area contributed by atoms with Crippen molar-refractivity contribution in [2.24, 2.45) is 0 Å². The first kappa shape index (κ1) is 11.3. The highest BCUT2D eigenvalue weighted by atomic mass is 32.1. The maximum Gasteiger partial charge on any atom is 0.256 e. The number of aromatic nitrogens is 2. The van der Waals surface area contributed by atoms with Gasteiger partial charge in [-0.15, -0.1) is 11.3 Å². The van der Waals surface area contributed by atoms with E-state index in [0.717, 1.165) is 27.2 Å². The molecule has 5 heteroatoms. The van der Waals surface area contributed by atoms with Crippen LogP contribution < -0.4 is 5.32 Å². The number of fused-ring (bicyclic) bond motifs is 3. The van der Waals surface area contributed by atoms with E-state index in [1.807, 2.05) is 36.4 Å². The molecule has 0 aliphatic carbocycles. The summed E-state index contributed by atoms with van der Waals surface area (Å²) in [6.07, 6.45) is 3.54. The zero-order valence-corrected chi connectivity index (χ0v) is 11.1. The fourth-order valence-corrected chi connectivity index (χ4v) is 3.20. The van der Waals surface area contributed by atoms with Gasteiger partial charge in [-0.1, -0.05) is 6.07 Å². The van der Waals surface area contributed by atoms with E-state index in [9.17, 15) is 4.79 Å². The van der Waals surface area contributed by atoms with Crippen molar-refractivity contribution in [3.8, 4) is 0 Å². The number of nitrogens with zero attached hydrogens (tertiary/aromatic N) is 2. The maximum atomic E-state index is 12.2. The van der Waals surface area contributed by atoms with Crippen LogP contribution >= 0.6 is 11.3 Å². The van der Waals surface area contributed by atoms with E-state index in [1.54, 1.807) is 23.0 Å². The number of rotatable bonds is 1. The highest BCUT2D eigenvalue weighted by Crippen LogP contribution is 2.39. The van der Waals surface area contributed by atoms with E-state index >= 15 is 0 Å². The molecule has 1 N–H and O–H groups in total. The van der Waals surface area contributed by atoms with Crippen molar-refractivity contribution in [2.45, 2.75) is 0 Å². The van der Waals surface area contributed by atoms with E-state index in [1.165, 1.54) is 0 Å². The summed E-state index contributed by atoms with van der Waals surface area (Å²) in [6, 6.07) is 9.46. The molecule has 1 aliphatic rings. The monoisotopic (exact) mass is 279 g/mol. The number of pyridine rings is 1. The average molecular weight is 279 g/mol. The number of amides is 1. The van der Waals surface area contributed by atoms with Crippen LogP contribution in [0.15, 0.2) is 42.0 Å². The third-order valence-corrected chi connectivity index (χ3v) is 4.10. The molecule has 0 atom stereocenters. The summed E-state index contributed by atoms with van der Waals surface area (Å²) in [5.41, 5.74) is 5.90.